The Bertz CT molecular complexity index is 449. The highest BCUT2D eigenvalue weighted by Crippen LogP contribution is 2.26. The summed E-state index contributed by atoms with van der Waals surface area (Å²) in [6.45, 7) is 6.57. The van der Waals surface area contributed by atoms with E-state index in [1.807, 2.05) is 13.8 Å². The lowest BCUT2D eigenvalue weighted by molar-refractivity contribution is -0.120. The van der Waals surface area contributed by atoms with Crippen molar-refractivity contribution < 1.29 is 13.9 Å². The van der Waals surface area contributed by atoms with Crippen molar-refractivity contribution in [2.45, 2.75) is 27.2 Å². The van der Waals surface area contributed by atoms with Gasteiger partial charge in [-0.2, -0.15) is 0 Å². The zero-order chi connectivity index (χ0) is 15.1. The van der Waals surface area contributed by atoms with Gasteiger partial charge in [-0.3, -0.25) is 4.79 Å². The number of hydrogen-bond donors (Lipinski definition) is 2. The first kappa shape index (κ1) is 16.4. The second-order valence-corrected chi connectivity index (χ2v) is 5.12. The van der Waals surface area contributed by atoms with Crippen LogP contribution in [0.1, 0.15) is 27.2 Å². The molecule has 0 aliphatic rings. The van der Waals surface area contributed by atoms with Crippen LogP contribution in [0.3, 0.4) is 0 Å². The van der Waals surface area contributed by atoms with Gasteiger partial charge in [0.15, 0.2) is 0 Å². The predicted molar refractivity (Wildman–Crippen MR) is 78.2 cm³/mol. The summed E-state index contributed by atoms with van der Waals surface area (Å²) in [5.41, 5.74) is 6.12. The van der Waals surface area contributed by atoms with Gasteiger partial charge in [0.1, 0.15) is 11.6 Å². The first-order valence-electron chi connectivity index (χ1n) is 6.91. The van der Waals surface area contributed by atoms with E-state index in [2.05, 4.69) is 5.32 Å². The molecular weight excluding hydrogens is 259 g/mol. The van der Waals surface area contributed by atoms with Gasteiger partial charge in [-0.05, 0) is 31.4 Å². The number of carbonyl (C=O) groups excluding carboxylic acids is 1. The van der Waals surface area contributed by atoms with Gasteiger partial charge < -0.3 is 15.8 Å². The summed E-state index contributed by atoms with van der Waals surface area (Å²) < 4.78 is 18.5. The fourth-order valence-electron chi connectivity index (χ4n) is 1.99. The molecule has 0 bridgehead atoms. The highest BCUT2D eigenvalue weighted by molar-refractivity contribution is 5.94. The van der Waals surface area contributed by atoms with Gasteiger partial charge in [-0.25, -0.2) is 4.39 Å². The first-order chi connectivity index (χ1) is 9.47. The highest BCUT2D eigenvalue weighted by Gasteiger charge is 2.19. The summed E-state index contributed by atoms with van der Waals surface area (Å²) in [5, 5.41) is 2.77. The summed E-state index contributed by atoms with van der Waals surface area (Å²) in [4.78, 5) is 12.2. The number of hydrogen-bond acceptors (Lipinski definition) is 3. The van der Waals surface area contributed by atoms with E-state index in [0.717, 1.165) is 0 Å². The molecule has 4 nitrogen and oxygen atoms in total. The van der Waals surface area contributed by atoms with Gasteiger partial charge in [0.2, 0.25) is 5.91 Å². The topological polar surface area (TPSA) is 64.3 Å². The molecule has 1 rings (SSSR count). The quantitative estimate of drug-likeness (QED) is 0.808. The van der Waals surface area contributed by atoms with Gasteiger partial charge >= 0.3 is 0 Å². The molecule has 1 amide bonds. The Balaban J connectivity index is 2.83. The number of anilines is 1. The molecule has 20 heavy (non-hydrogen) atoms. The summed E-state index contributed by atoms with van der Waals surface area (Å²) in [5.74, 6) is -0.0951. The van der Waals surface area contributed by atoms with Crippen molar-refractivity contribution in [2.24, 2.45) is 17.6 Å². The second kappa shape index (κ2) is 7.85. The molecule has 0 spiro atoms. The average Bonchev–Trinajstić information content (AvgIpc) is 2.39. The molecular formula is C15H23FN2O2. The molecule has 112 valence electrons. The van der Waals surface area contributed by atoms with Crippen LogP contribution in [0.4, 0.5) is 10.1 Å². The molecule has 0 fully saturated rings. The van der Waals surface area contributed by atoms with E-state index >= 15 is 0 Å². The number of carbonyl (C=O) groups is 1. The third-order valence-corrected chi connectivity index (χ3v) is 2.91. The summed E-state index contributed by atoms with van der Waals surface area (Å²) in [7, 11) is 0. The fraction of sp³-hybridized carbons (Fsp3) is 0.533. The van der Waals surface area contributed by atoms with E-state index in [-0.39, 0.29) is 18.4 Å². The minimum atomic E-state index is -0.399. The molecule has 1 unspecified atom stereocenters. The van der Waals surface area contributed by atoms with Crippen molar-refractivity contribution in [3.05, 3.63) is 24.0 Å². The van der Waals surface area contributed by atoms with Crippen molar-refractivity contribution in [1.82, 2.24) is 0 Å². The third-order valence-electron chi connectivity index (χ3n) is 2.91. The van der Waals surface area contributed by atoms with E-state index in [4.69, 9.17) is 10.5 Å². The maximum Gasteiger partial charge on any atom is 0.228 e. The Kier molecular flexibility index (Phi) is 6.45. The molecule has 3 N–H and O–H groups in total. The van der Waals surface area contributed by atoms with E-state index in [1.165, 1.54) is 18.2 Å². The number of rotatable bonds is 7. The molecule has 5 heteroatoms. The number of ether oxygens (including phenoxy) is 1. The van der Waals surface area contributed by atoms with Gasteiger partial charge in [-0.1, -0.05) is 13.8 Å². The smallest absolute Gasteiger partial charge is 0.228 e. The maximum atomic E-state index is 13.2. The number of amides is 1. The zero-order valence-electron chi connectivity index (χ0n) is 12.3. The van der Waals surface area contributed by atoms with Crippen LogP contribution in [0, 0.1) is 17.7 Å². The summed E-state index contributed by atoms with van der Waals surface area (Å²) in [6, 6.07) is 4.05. The molecule has 0 heterocycles. The number of nitrogens with two attached hydrogens (primary N) is 1. The Morgan fingerprint density at radius 1 is 1.45 bits per heavy atom. The van der Waals surface area contributed by atoms with Gasteiger partial charge in [-0.15, -0.1) is 0 Å². The molecule has 0 aromatic heterocycles. The molecule has 0 aliphatic heterocycles. The van der Waals surface area contributed by atoms with Crippen LogP contribution < -0.4 is 15.8 Å². The standard InChI is InChI=1S/C15H23FN2O2/c1-4-20-14-8-12(16)5-6-13(14)18-15(19)11(9-17)7-10(2)3/h5-6,8,10-11H,4,7,9,17H2,1-3H3,(H,18,19). The lowest BCUT2D eigenvalue weighted by atomic mass is 9.96. The van der Waals surface area contributed by atoms with Gasteiger partial charge in [0.05, 0.1) is 18.2 Å². The average molecular weight is 282 g/mol. The van der Waals surface area contributed by atoms with Crippen molar-refractivity contribution in [1.29, 1.82) is 0 Å². The largest absolute Gasteiger partial charge is 0.492 e. The van der Waals surface area contributed by atoms with Gasteiger partial charge in [0, 0.05) is 12.6 Å². The van der Waals surface area contributed by atoms with Crippen molar-refractivity contribution in [2.75, 3.05) is 18.5 Å². The third kappa shape index (κ3) is 4.81. The van der Waals surface area contributed by atoms with Crippen molar-refractivity contribution >= 4 is 11.6 Å². The summed E-state index contributed by atoms with van der Waals surface area (Å²) >= 11 is 0. The molecule has 0 radical (unpaired) electrons. The van der Waals surface area contributed by atoms with E-state index in [1.54, 1.807) is 6.92 Å². The molecule has 0 saturated carbocycles. The van der Waals surface area contributed by atoms with E-state index in [9.17, 15) is 9.18 Å². The SMILES string of the molecule is CCOc1cc(F)ccc1NC(=O)C(CN)CC(C)C. The van der Waals surface area contributed by atoms with E-state index in [0.29, 0.717) is 30.4 Å². The Morgan fingerprint density at radius 3 is 2.70 bits per heavy atom. The Labute approximate surface area is 119 Å². The Hall–Kier alpha value is -1.62. The number of benzene rings is 1. The van der Waals surface area contributed by atoms with Crippen LogP contribution in [-0.2, 0) is 4.79 Å². The molecule has 0 saturated heterocycles. The molecule has 1 atom stereocenters. The first-order valence-corrected chi connectivity index (χ1v) is 6.91. The minimum absolute atomic E-state index is 0.159. The second-order valence-electron chi connectivity index (χ2n) is 5.12. The maximum absolute atomic E-state index is 13.2. The Morgan fingerprint density at radius 2 is 2.15 bits per heavy atom. The van der Waals surface area contributed by atoms with Crippen molar-refractivity contribution in [3.63, 3.8) is 0 Å². The number of nitrogens with one attached hydrogen (secondary N) is 1. The van der Waals surface area contributed by atoms with Crippen LogP contribution in [-0.4, -0.2) is 19.1 Å². The highest BCUT2D eigenvalue weighted by atomic mass is 19.1. The van der Waals surface area contributed by atoms with Crippen LogP contribution >= 0.6 is 0 Å². The lowest BCUT2D eigenvalue weighted by Crippen LogP contribution is -2.30. The normalized spacial score (nSPS) is 12.3. The molecule has 0 aliphatic carbocycles. The van der Waals surface area contributed by atoms with E-state index < -0.39 is 5.82 Å². The van der Waals surface area contributed by atoms with Crippen LogP contribution in [0.15, 0.2) is 18.2 Å². The van der Waals surface area contributed by atoms with Crippen LogP contribution in [0.2, 0.25) is 0 Å². The van der Waals surface area contributed by atoms with Gasteiger partial charge in [0.25, 0.3) is 0 Å². The van der Waals surface area contributed by atoms with Crippen LogP contribution in [0.25, 0.3) is 0 Å². The zero-order valence-corrected chi connectivity index (χ0v) is 12.3. The lowest BCUT2D eigenvalue weighted by Gasteiger charge is -2.18. The van der Waals surface area contributed by atoms with Crippen LogP contribution in [0.5, 0.6) is 5.75 Å². The molecule has 1 aromatic carbocycles. The fourth-order valence-corrected chi connectivity index (χ4v) is 1.99. The van der Waals surface area contributed by atoms with Crippen molar-refractivity contribution in [3.8, 4) is 5.75 Å². The number of halogens is 1. The molecule has 1 aromatic rings. The predicted octanol–water partition coefficient (Wildman–Crippen LogP) is 2.78. The summed E-state index contributed by atoms with van der Waals surface area (Å²) in [6.07, 6.45) is 0.716. The minimum Gasteiger partial charge on any atom is -0.492 e. The monoisotopic (exact) mass is 282 g/mol.